The van der Waals surface area contributed by atoms with E-state index in [9.17, 15) is 4.79 Å². The van der Waals surface area contributed by atoms with Gasteiger partial charge in [-0.15, -0.1) is 6.58 Å². The van der Waals surface area contributed by atoms with Crippen LogP contribution in [0.4, 0.5) is 0 Å². The summed E-state index contributed by atoms with van der Waals surface area (Å²) >= 11 is 5.25. The van der Waals surface area contributed by atoms with Crippen LogP contribution in [0.3, 0.4) is 0 Å². The fourth-order valence-corrected chi connectivity index (χ4v) is 2.23. The van der Waals surface area contributed by atoms with Crippen LogP contribution in [-0.4, -0.2) is 35.4 Å². The second kappa shape index (κ2) is 6.63. The molecule has 0 aromatic carbocycles. The summed E-state index contributed by atoms with van der Waals surface area (Å²) in [5, 5.41) is 3.89. The van der Waals surface area contributed by atoms with Gasteiger partial charge in [0.15, 0.2) is 5.11 Å². The first-order chi connectivity index (χ1) is 7.69. The van der Waals surface area contributed by atoms with E-state index in [0.717, 1.165) is 31.0 Å². The van der Waals surface area contributed by atoms with Gasteiger partial charge in [-0.3, -0.25) is 4.79 Å². The number of ketones is 1. The Morgan fingerprint density at radius 1 is 1.56 bits per heavy atom. The van der Waals surface area contributed by atoms with E-state index >= 15 is 0 Å². The van der Waals surface area contributed by atoms with Gasteiger partial charge >= 0.3 is 0 Å². The number of Topliss-reactive ketones (excluding diaryl/α,β-unsaturated/α-hetero) is 1. The summed E-state index contributed by atoms with van der Waals surface area (Å²) < 4.78 is 0. The van der Waals surface area contributed by atoms with Gasteiger partial charge in [-0.05, 0) is 25.1 Å². The Kier molecular flexibility index (Phi) is 5.46. The molecule has 0 unspecified atom stereocenters. The lowest BCUT2D eigenvalue weighted by molar-refractivity contribution is -0.123. The van der Waals surface area contributed by atoms with Crippen LogP contribution < -0.4 is 5.32 Å². The fourth-order valence-electron chi connectivity index (χ4n) is 1.96. The zero-order chi connectivity index (χ0) is 12.0. The van der Waals surface area contributed by atoms with Crippen molar-refractivity contribution in [1.29, 1.82) is 0 Å². The minimum Gasteiger partial charge on any atom is -0.359 e. The van der Waals surface area contributed by atoms with Gasteiger partial charge in [-0.1, -0.05) is 13.0 Å². The highest BCUT2D eigenvalue weighted by atomic mass is 32.1. The van der Waals surface area contributed by atoms with Crippen molar-refractivity contribution in [2.75, 3.05) is 19.6 Å². The Morgan fingerprint density at radius 3 is 2.69 bits per heavy atom. The maximum absolute atomic E-state index is 11.5. The Labute approximate surface area is 103 Å². The van der Waals surface area contributed by atoms with Crippen molar-refractivity contribution in [3.05, 3.63) is 12.7 Å². The number of hydrogen-bond acceptors (Lipinski definition) is 2. The third-order valence-electron chi connectivity index (χ3n) is 2.98. The molecule has 0 bridgehead atoms. The van der Waals surface area contributed by atoms with Gasteiger partial charge in [-0.2, -0.15) is 0 Å². The van der Waals surface area contributed by atoms with Gasteiger partial charge in [-0.25, -0.2) is 0 Å². The van der Waals surface area contributed by atoms with Crippen LogP contribution in [0.2, 0.25) is 0 Å². The molecular formula is C12H20N2OS. The zero-order valence-corrected chi connectivity index (χ0v) is 10.7. The first-order valence-corrected chi connectivity index (χ1v) is 6.26. The highest BCUT2D eigenvalue weighted by Gasteiger charge is 2.24. The molecule has 0 radical (unpaired) electrons. The highest BCUT2D eigenvalue weighted by molar-refractivity contribution is 7.80. The van der Waals surface area contributed by atoms with E-state index in [-0.39, 0.29) is 5.92 Å². The minimum absolute atomic E-state index is 0.253. The average Bonchev–Trinajstić information content (AvgIpc) is 2.35. The van der Waals surface area contributed by atoms with Gasteiger partial charge in [0.2, 0.25) is 0 Å². The van der Waals surface area contributed by atoms with E-state index in [1.165, 1.54) is 0 Å². The first-order valence-electron chi connectivity index (χ1n) is 5.85. The molecule has 0 atom stereocenters. The summed E-state index contributed by atoms with van der Waals surface area (Å²) in [6.45, 7) is 8.05. The number of hydrogen-bond donors (Lipinski definition) is 1. The number of nitrogens with one attached hydrogen (secondary N) is 1. The number of rotatable bonds is 4. The normalized spacial score (nSPS) is 16.9. The lowest BCUT2D eigenvalue weighted by atomic mass is 9.91. The quantitative estimate of drug-likeness (QED) is 0.599. The number of carbonyl (C=O) groups is 1. The van der Waals surface area contributed by atoms with E-state index < -0.39 is 0 Å². The molecule has 1 aliphatic heterocycles. The van der Waals surface area contributed by atoms with E-state index in [1.807, 2.05) is 6.92 Å². The maximum Gasteiger partial charge on any atom is 0.169 e. The number of thiocarbonyl (C=S) groups is 1. The molecule has 0 saturated carbocycles. The molecule has 1 saturated heterocycles. The van der Waals surface area contributed by atoms with Crippen LogP contribution >= 0.6 is 12.2 Å². The summed E-state index contributed by atoms with van der Waals surface area (Å²) in [6, 6.07) is 0. The second-order valence-electron chi connectivity index (χ2n) is 4.06. The Bertz CT molecular complexity index is 270. The monoisotopic (exact) mass is 240 g/mol. The first kappa shape index (κ1) is 13.2. The molecule has 0 aromatic heterocycles. The molecule has 90 valence electrons. The molecule has 1 N–H and O–H groups in total. The van der Waals surface area contributed by atoms with E-state index in [2.05, 4.69) is 16.8 Å². The summed E-state index contributed by atoms with van der Waals surface area (Å²) in [4.78, 5) is 13.7. The molecule has 3 nitrogen and oxygen atoms in total. The summed E-state index contributed by atoms with van der Waals surface area (Å²) in [7, 11) is 0. The largest absolute Gasteiger partial charge is 0.359 e. The number of piperidine rings is 1. The van der Waals surface area contributed by atoms with Gasteiger partial charge in [0.25, 0.3) is 0 Å². The van der Waals surface area contributed by atoms with Crippen molar-refractivity contribution in [2.24, 2.45) is 5.92 Å². The van der Waals surface area contributed by atoms with E-state index in [1.54, 1.807) is 6.08 Å². The second-order valence-corrected chi connectivity index (χ2v) is 4.44. The van der Waals surface area contributed by atoms with Crippen molar-refractivity contribution < 1.29 is 4.79 Å². The predicted octanol–water partition coefficient (Wildman–Crippen LogP) is 1.74. The standard InChI is InChI=1S/C12H20N2OS/c1-3-7-13-12(16)14-8-5-10(6-9-14)11(15)4-2/h3,10H,1,4-9H2,2H3,(H,13,16). The molecular weight excluding hydrogens is 220 g/mol. The molecule has 1 heterocycles. The molecule has 0 spiro atoms. The van der Waals surface area contributed by atoms with Gasteiger partial charge < -0.3 is 10.2 Å². The number of likely N-dealkylation sites (tertiary alicyclic amines) is 1. The van der Waals surface area contributed by atoms with Crippen molar-refractivity contribution in [2.45, 2.75) is 26.2 Å². The molecule has 1 fully saturated rings. The Morgan fingerprint density at radius 2 is 2.19 bits per heavy atom. The highest BCUT2D eigenvalue weighted by Crippen LogP contribution is 2.19. The third kappa shape index (κ3) is 3.59. The van der Waals surface area contributed by atoms with Crippen molar-refractivity contribution in [3.8, 4) is 0 Å². The van der Waals surface area contributed by atoms with Crippen LogP contribution in [0.25, 0.3) is 0 Å². The lowest BCUT2D eigenvalue weighted by Gasteiger charge is -2.33. The molecule has 0 aromatic rings. The number of nitrogens with zero attached hydrogens (tertiary/aromatic N) is 1. The van der Waals surface area contributed by atoms with Crippen LogP contribution in [0.15, 0.2) is 12.7 Å². The summed E-state index contributed by atoms with van der Waals surface area (Å²) in [5.41, 5.74) is 0. The third-order valence-corrected chi connectivity index (χ3v) is 3.39. The van der Waals surface area contributed by atoms with Crippen molar-refractivity contribution >= 4 is 23.1 Å². The van der Waals surface area contributed by atoms with Crippen LogP contribution in [-0.2, 0) is 4.79 Å². The Hall–Kier alpha value is -0.900. The van der Waals surface area contributed by atoms with Crippen LogP contribution in [0.5, 0.6) is 0 Å². The number of carbonyl (C=O) groups excluding carboxylic acids is 1. The summed E-state index contributed by atoms with van der Waals surface area (Å²) in [5.74, 6) is 0.646. The van der Waals surface area contributed by atoms with Gasteiger partial charge in [0, 0.05) is 32.0 Å². The minimum atomic E-state index is 0.253. The van der Waals surface area contributed by atoms with E-state index in [0.29, 0.717) is 18.7 Å². The topological polar surface area (TPSA) is 32.3 Å². The van der Waals surface area contributed by atoms with E-state index in [4.69, 9.17) is 12.2 Å². The maximum atomic E-state index is 11.5. The van der Waals surface area contributed by atoms with Gasteiger partial charge in [0.05, 0.1) is 0 Å². The molecule has 16 heavy (non-hydrogen) atoms. The SMILES string of the molecule is C=CCNC(=S)N1CCC(C(=O)CC)CC1. The van der Waals surface area contributed by atoms with Crippen LogP contribution in [0.1, 0.15) is 26.2 Å². The molecule has 0 amide bonds. The van der Waals surface area contributed by atoms with Crippen LogP contribution in [0, 0.1) is 5.92 Å². The average molecular weight is 240 g/mol. The molecule has 4 heteroatoms. The molecule has 1 aliphatic rings. The smallest absolute Gasteiger partial charge is 0.169 e. The lowest BCUT2D eigenvalue weighted by Crippen LogP contribution is -2.45. The van der Waals surface area contributed by atoms with Crippen molar-refractivity contribution in [1.82, 2.24) is 10.2 Å². The van der Waals surface area contributed by atoms with Crippen molar-refractivity contribution in [3.63, 3.8) is 0 Å². The Balaban J connectivity index is 2.33. The predicted molar refractivity (Wildman–Crippen MR) is 70.4 cm³/mol. The molecule has 1 rings (SSSR count). The fraction of sp³-hybridized carbons (Fsp3) is 0.667. The zero-order valence-electron chi connectivity index (χ0n) is 9.87. The molecule has 0 aliphatic carbocycles. The summed E-state index contributed by atoms with van der Waals surface area (Å²) in [6.07, 6.45) is 4.31. The van der Waals surface area contributed by atoms with Gasteiger partial charge in [0.1, 0.15) is 5.78 Å².